The van der Waals surface area contributed by atoms with Crippen molar-refractivity contribution in [1.82, 2.24) is 24.7 Å². The first-order valence-corrected chi connectivity index (χ1v) is 5.44. The summed E-state index contributed by atoms with van der Waals surface area (Å²) in [5, 5.41) is 4.44. The molecule has 0 atom stereocenters. The van der Waals surface area contributed by atoms with E-state index in [4.69, 9.17) is 4.74 Å². The Balaban J connectivity index is 2.32. The highest BCUT2D eigenvalue weighted by Crippen LogP contribution is 2.30. The minimum atomic E-state index is 0.531. The van der Waals surface area contributed by atoms with Crippen LogP contribution in [0.2, 0.25) is 0 Å². The van der Waals surface area contributed by atoms with Gasteiger partial charge in [0.05, 0.1) is 12.7 Å². The Bertz CT molecular complexity index is 707. The quantitative estimate of drug-likeness (QED) is 0.679. The molecular formula is C12H11N5O. The zero-order chi connectivity index (χ0) is 12.5. The van der Waals surface area contributed by atoms with Gasteiger partial charge in [-0.25, -0.2) is 19.6 Å². The topological polar surface area (TPSA) is 65.7 Å². The van der Waals surface area contributed by atoms with Crippen LogP contribution in [0.3, 0.4) is 0 Å². The van der Waals surface area contributed by atoms with E-state index in [9.17, 15) is 0 Å². The summed E-state index contributed by atoms with van der Waals surface area (Å²) in [6.45, 7) is 0. The fourth-order valence-electron chi connectivity index (χ4n) is 1.89. The normalized spacial score (nSPS) is 10.8. The summed E-state index contributed by atoms with van der Waals surface area (Å²) in [5.41, 5.74) is 3.02. The fourth-order valence-corrected chi connectivity index (χ4v) is 1.89. The first-order chi connectivity index (χ1) is 8.81. The molecule has 3 heterocycles. The summed E-state index contributed by atoms with van der Waals surface area (Å²) in [4.78, 5) is 12.8. The molecule has 0 bridgehead atoms. The smallest absolute Gasteiger partial charge is 0.222 e. The summed E-state index contributed by atoms with van der Waals surface area (Å²) in [6.07, 6.45) is 4.98. The predicted molar refractivity (Wildman–Crippen MR) is 66.1 cm³/mol. The number of methoxy groups -OCH3 is 1. The largest absolute Gasteiger partial charge is 0.481 e. The standard InChI is InChI=1S/C12H11N5O/c1-17-11-10(13-6-7-14-11)9(16-17)8-4-3-5-15-12(8)18-2/h3-7H,1-2H3. The van der Waals surface area contributed by atoms with Crippen LogP contribution in [0.15, 0.2) is 30.7 Å². The van der Waals surface area contributed by atoms with Gasteiger partial charge in [0.1, 0.15) is 11.2 Å². The number of aryl methyl sites for hydroxylation is 1. The van der Waals surface area contributed by atoms with Gasteiger partial charge in [-0.15, -0.1) is 0 Å². The molecule has 0 aliphatic carbocycles. The molecule has 90 valence electrons. The number of aromatic nitrogens is 5. The van der Waals surface area contributed by atoms with Crippen LogP contribution < -0.4 is 4.74 Å². The minimum absolute atomic E-state index is 0.531. The van der Waals surface area contributed by atoms with E-state index >= 15 is 0 Å². The average molecular weight is 241 g/mol. The summed E-state index contributed by atoms with van der Waals surface area (Å²) in [7, 11) is 3.42. The van der Waals surface area contributed by atoms with Crippen LogP contribution in [0.25, 0.3) is 22.4 Å². The molecule has 0 aromatic carbocycles. The third-order valence-electron chi connectivity index (χ3n) is 2.68. The van der Waals surface area contributed by atoms with E-state index in [2.05, 4.69) is 20.1 Å². The fraction of sp³-hybridized carbons (Fsp3) is 0.167. The van der Waals surface area contributed by atoms with Crippen LogP contribution in [0.5, 0.6) is 5.88 Å². The first kappa shape index (κ1) is 10.6. The highest BCUT2D eigenvalue weighted by molar-refractivity contribution is 5.88. The van der Waals surface area contributed by atoms with Crippen molar-refractivity contribution in [3.8, 4) is 17.1 Å². The van der Waals surface area contributed by atoms with Crippen molar-refractivity contribution < 1.29 is 4.74 Å². The van der Waals surface area contributed by atoms with E-state index in [-0.39, 0.29) is 0 Å². The van der Waals surface area contributed by atoms with Crippen LogP contribution in [0.4, 0.5) is 0 Å². The minimum Gasteiger partial charge on any atom is -0.481 e. The van der Waals surface area contributed by atoms with Gasteiger partial charge in [0.25, 0.3) is 0 Å². The molecule has 0 fully saturated rings. The lowest BCUT2D eigenvalue weighted by Crippen LogP contribution is -1.93. The summed E-state index contributed by atoms with van der Waals surface area (Å²) < 4.78 is 6.95. The van der Waals surface area contributed by atoms with Crippen molar-refractivity contribution in [2.75, 3.05) is 7.11 Å². The molecule has 0 unspecified atom stereocenters. The molecule has 6 nitrogen and oxygen atoms in total. The zero-order valence-corrected chi connectivity index (χ0v) is 10.0. The predicted octanol–water partition coefficient (Wildman–Crippen LogP) is 1.43. The number of nitrogens with zero attached hydrogens (tertiary/aromatic N) is 5. The number of fused-ring (bicyclic) bond motifs is 1. The Hall–Kier alpha value is -2.50. The number of hydrogen-bond donors (Lipinski definition) is 0. The molecule has 0 saturated heterocycles. The maximum absolute atomic E-state index is 5.25. The molecule has 0 saturated carbocycles. The van der Waals surface area contributed by atoms with Crippen molar-refractivity contribution in [3.05, 3.63) is 30.7 Å². The summed E-state index contributed by atoms with van der Waals surface area (Å²) in [6, 6.07) is 3.75. The lowest BCUT2D eigenvalue weighted by Gasteiger charge is -2.03. The van der Waals surface area contributed by atoms with Gasteiger partial charge < -0.3 is 4.74 Å². The SMILES string of the molecule is COc1ncccc1-c1nn(C)c2nccnc12. The maximum Gasteiger partial charge on any atom is 0.222 e. The van der Waals surface area contributed by atoms with Gasteiger partial charge in [0.15, 0.2) is 5.65 Å². The van der Waals surface area contributed by atoms with Gasteiger partial charge in [-0.2, -0.15) is 5.10 Å². The highest BCUT2D eigenvalue weighted by atomic mass is 16.5. The molecule has 3 aromatic heterocycles. The second-order valence-electron chi connectivity index (χ2n) is 3.76. The molecule has 0 spiro atoms. The van der Waals surface area contributed by atoms with Gasteiger partial charge in [-0.3, -0.25) is 0 Å². The van der Waals surface area contributed by atoms with Crippen molar-refractivity contribution in [2.24, 2.45) is 7.05 Å². The first-order valence-electron chi connectivity index (χ1n) is 5.44. The second-order valence-corrected chi connectivity index (χ2v) is 3.76. The molecule has 3 aromatic rings. The highest BCUT2D eigenvalue weighted by Gasteiger charge is 2.16. The molecule has 3 rings (SSSR count). The average Bonchev–Trinajstić information content (AvgIpc) is 2.77. The Morgan fingerprint density at radius 1 is 1.11 bits per heavy atom. The van der Waals surface area contributed by atoms with E-state index < -0.39 is 0 Å². The number of pyridine rings is 1. The molecule has 0 aliphatic rings. The Kier molecular flexibility index (Phi) is 2.40. The van der Waals surface area contributed by atoms with Crippen molar-refractivity contribution in [3.63, 3.8) is 0 Å². The number of hydrogen-bond acceptors (Lipinski definition) is 5. The number of rotatable bonds is 2. The van der Waals surface area contributed by atoms with Gasteiger partial charge in [0, 0.05) is 25.6 Å². The van der Waals surface area contributed by atoms with E-state index in [0.717, 1.165) is 22.4 Å². The Labute approximate surface area is 103 Å². The molecular weight excluding hydrogens is 230 g/mol. The van der Waals surface area contributed by atoms with Gasteiger partial charge in [-0.05, 0) is 12.1 Å². The van der Waals surface area contributed by atoms with Crippen LogP contribution in [-0.4, -0.2) is 31.8 Å². The van der Waals surface area contributed by atoms with Gasteiger partial charge in [-0.1, -0.05) is 0 Å². The van der Waals surface area contributed by atoms with Crippen molar-refractivity contribution in [2.45, 2.75) is 0 Å². The summed E-state index contributed by atoms with van der Waals surface area (Å²) in [5.74, 6) is 0.531. The molecule has 0 aliphatic heterocycles. The van der Waals surface area contributed by atoms with Gasteiger partial charge >= 0.3 is 0 Å². The van der Waals surface area contributed by atoms with Crippen LogP contribution >= 0.6 is 0 Å². The van der Waals surface area contributed by atoms with Crippen molar-refractivity contribution >= 4 is 11.2 Å². The summed E-state index contributed by atoms with van der Waals surface area (Å²) >= 11 is 0. The molecule has 6 heteroatoms. The third-order valence-corrected chi connectivity index (χ3v) is 2.68. The van der Waals surface area contributed by atoms with E-state index in [1.54, 1.807) is 30.4 Å². The van der Waals surface area contributed by atoms with E-state index in [1.807, 2.05) is 19.2 Å². The molecule has 0 N–H and O–H groups in total. The molecule has 0 radical (unpaired) electrons. The maximum atomic E-state index is 5.25. The second kappa shape index (κ2) is 4.06. The lowest BCUT2D eigenvalue weighted by molar-refractivity contribution is 0.399. The van der Waals surface area contributed by atoms with Crippen molar-refractivity contribution in [1.29, 1.82) is 0 Å². The molecule has 18 heavy (non-hydrogen) atoms. The Morgan fingerprint density at radius 2 is 1.94 bits per heavy atom. The van der Waals surface area contributed by atoms with E-state index in [0.29, 0.717) is 5.88 Å². The molecule has 0 amide bonds. The van der Waals surface area contributed by atoms with E-state index in [1.165, 1.54) is 0 Å². The van der Waals surface area contributed by atoms with Crippen LogP contribution in [-0.2, 0) is 7.05 Å². The Morgan fingerprint density at radius 3 is 2.78 bits per heavy atom. The lowest BCUT2D eigenvalue weighted by atomic mass is 10.2. The van der Waals surface area contributed by atoms with Crippen LogP contribution in [0, 0.1) is 0 Å². The monoisotopic (exact) mass is 241 g/mol. The van der Waals surface area contributed by atoms with Gasteiger partial charge in [0.2, 0.25) is 5.88 Å². The third kappa shape index (κ3) is 1.50. The van der Waals surface area contributed by atoms with Crippen LogP contribution in [0.1, 0.15) is 0 Å². The zero-order valence-electron chi connectivity index (χ0n) is 10.0. The number of ether oxygens (including phenoxy) is 1.